The Morgan fingerprint density at radius 3 is 2.32 bits per heavy atom. The van der Waals surface area contributed by atoms with Gasteiger partial charge in [0.25, 0.3) is 11.8 Å². The number of nitrogens with one attached hydrogen (secondary N) is 2. The summed E-state index contributed by atoms with van der Waals surface area (Å²) >= 11 is 0. The Hall–Kier alpha value is -2.00. The molecule has 2 rings (SSSR count). The summed E-state index contributed by atoms with van der Waals surface area (Å²) in [4.78, 5) is 23.4. The third-order valence-electron chi connectivity index (χ3n) is 3.31. The average Bonchev–Trinajstić information content (AvgIpc) is 2.91. The quantitative estimate of drug-likeness (QED) is 0.314. The van der Waals surface area contributed by atoms with Crippen molar-refractivity contribution in [2.75, 3.05) is 0 Å². The molecular formula is C10H17N7O2. The van der Waals surface area contributed by atoms with E-state index >= 15 is 0 Å². The van der Waals surface area contributed by atoms with E-state index in [1.807, 2.05) is 10.9 Å². The summed E-state index contributed by atoms with van der Waals surface area (Å²) in [6.45, 7) is 0. The van der Waals surface area contributed by atoms with Crippen LogP contribution in [0.2, 0.25) is 0 Å². The van der Waals surface area contributed by atoms with Crippen molar-refractivity contribution >= 4 is 11.8 Å². The number of aromatic nitrogens is 3. The predicted octanol–water partition coefficient (Wildman–Crippen LogP) is -1.01. The predicted molar refractivity (Wildman–Crippen MR) is 65.5 cm³/mol. The lowest BCUT2D eigenvalue weighted by atomic mass is 9.95. The number of carbonyl (C=O) groups excluding carboxylic acids is 2. The fourth-order valence-corrected chi connectivity index (χ4v) is 2.38. The highest BCUT2D eigenvalue weighted by Gasteiger charge is 2.28. The Labute approximate surface area is 109 Å². The molecule has 1 aliphatic rings. The molecule has 0 radical (unpaired) electrons. The van der Waals surface area contributed by atoms with Crippen molar-refractivity contribution in [1.82, 2.24) is 25.8 Å². The van der Waals surface area contributed by atoms with Crippen LogP contribution in [0, 0.1) is 0 Å². The number of hydrogen-bond acceptors (Lipinski definition) is 6. The van der Waals surface area contributed by atoms with Crippen LogP contribution in [0.1, 0.15) is 59.1 Å². The highest BCUT2D eigenvalue weighted by molar-refractivity contribution is 6.04. The Kier molecular flexibility index (Phi) is 4.07. The van der Waals surface area contributed by atoms with Crippen LogP contribution in [0.25, 0.3) is 0 Å². The lowest BCUT2D eigenvalue weighted by Gasteiger charge is -2.22. The summed E-state index contributed by atoms with van der Waals surface area (Å²) in [7, 11) is 0. The van der Waals surface area contributed by atoms with E-state index in [2.05, 4.69) is 10.3 Å². The number of nitrogen functional groups attached to an aromatic ring is 2. The smallest absolute Gasteiger partial charge is 0.288 e. The van der Waals surface area contributed by atoms with Gasteiger partial charge in [-0.15, -0.1) is 5.10 Å². The van der Waals surface area contributed by atoms with Crippen molar-refractivity contribution in [2.45, 2.75) is 38.1 Å². The van der Waals surface area contributed by atoms with Crippen molar-refractivity contribution in [2.24, 2.45) is 11.7 Å². The van der Waals surface area contributed by atoms with E-state index in [1.165, 1.54) is 11.1 Å². The zero-order valence-corrected chi connectivity index (χ0v) is 10.4. The molecule has 0 aliphatic heterocycles. The summed E-state index contributed by atoms with van der Waals surface area (Å²) in [6, 6.07) is 0.0628. The van der Waals surface area contributed by atoms with Crippen LogP contribution in [0.5, 0.6) is 0 Å². The van der Waals surface area contributed by atoms with Crippen molar-refractivity contribution in [3.63, 3.8) is 0 Å². The maximum atomic E-state index is 11.8. The van der Waals surface area contributed by atoms with E-state index in [-0.39, 0.29) is 17.4 Å². The Balaban J connectivity index is 2.39. The van der Waals surface area contributed by atoms with E-state index < -0.39 is 11.8 Å². The van der Waals surface area contributed by atoms with Crippen LogP contribution < -0.4 is 22.5 Å². The molecule has 1 fully saturated rings. The Morgan fingerprint density at radius 2 is 1.74 bits per heavy atom. The van der Waals surface area contributed by atoms with E-state index in [1.54, 1.807) is 0 Å². The van der Waals surface area contributed by atoms with Gasteiger partial charge in [0.05, 0.1) is 6.04 Å². The maximum absolute atomic E-state index is 11.8. The van der Waals surface area contributed by atoms with Crippen LogP contribution in [-0.4, -0.2) is 26.8 Å². The summed E-state index contributed by atoms with van der Waals surface area (Å²) < 4.78 is 1.48. The second-order valence-electron chi connectivity index (χ2n) is 4.47. The Bertz CT molecular complexity index is 478. The molecule has 1 aromatic rings. The molecule has 0 aromatic carbocycles. The SMILES string of the molecule is NNC(=O)c1nnn(C2CCCCC2)c1C(=O)NN. The third kappa shape index (κ3) is 2.56. The minimum atomic E-state index is -0.666. The van der Waals surface area contributed by atoms with Gasteiger partial charge in [0.1, 0.15) is 0 Å². The highest BCUT2D eigenvalue weighted by Crippen LogP contribution is 2.28. The van der Waals surface area contributed by atoms with E-state index in [0.717, 1.165) is 25.7 Å². The molecule has 0 saturated heterocycles. The zero-order valence-electron chi connectivity index (χ0n) is 10.4. The number of nitrogens with two attached hydrogens (primary N) is 2. The van der Waals surface area contributed by atoms with Crippen LogP contribution in [0.15, 0.2) is 0 Å². The molecule has 0 atom stereocenters. The van der Waals surface area contributed by atoms with Crippen molar-refractivity contribution in [1.29, 1.82) is 0 Å². The molecule has 6 N–H and O–H groups in total. The summed E-state index contributed by atoms with van der Waals surface area (Å²) in [5.74, 6) is 8.93. The number of hydrazine groups is 2. The molecule has 1 aliphatic carbocycles. The normalized spacial score (nSPS) is 16.1. The minimum Gasteiger partial charge on any atom is -0.289 e. The number of rotatable bonds is 3. The lowest BCUT2D eigenvalue weighted by Crippen LogP contribution is -2.37. The standard InChI is InChI=1S/C10H17N7O2/c11-13-9(18)7-8(10(19)14-12)17(16-15-7)6-4-2-1-3-5-6/h6H,1-5,11-12H2,(H,13,18)(H,14,19). The fourth-order valence-electron chi connectivity index (χ4n) is 2.38. The summed E-state index contributed by atoms with van der Waals surface area (Å²) in [5.41, 5.74) is 3.89. The van der Waals surface area contributed by atoms with Gasteiger partial charge in [-0.05, 0) is 12.8 Å². The highest BCUT2D eigenvalue weighted by atomic mass is 16.2. The largest absolute Gasteiger partial charge is 0.289 e. The van der Waals surface area contributed by atoms with Gasteiger partial charge in [-0.3, -0.25) is 20.4 Å². The van der Waals surface area contributed by atoms with E-state index in [0.29, 0.717) is 0 Å². The zero-order chi connectivity index (χ0) is 13.8. The summed E-state index contributed by atoms with van der Waals surface area (Å²) in [5, 5.41) is 7.65. The van der Waals surface area contributed by atoms with Gasteiger partial charge in [-0.1, -0.05) is 24.5 Å². The molecule has 1 saturated carbocycles. The van der Waals surface area contributed by atoms with Crippen molar-refractivity contribution in [3.05, 3.63) is 11.4 Å². The van der Waals surface area contributed by atoms with Gasteiger partial charge >= 0.3 is 0 Å². The van der Waals surface area contributed by atoms with Crippen LogP contribution in [-0.2, 0) is 0 Å². The van der Waals surface area contributed by atoms with E-state index in [9.17, 15) is 9.59 Å². The first-order chi connectivity index (χ1) is 9.19. The molecular weight excluding hydrogens is 250 g/mol. The Morgan fingerprint density at radius 1 is 1.11 bits per heavy atom. The molecule has 1 heterocycles. The molecule has 1 aromatic heterocycles. The van der Waals surface area contributed by atoms with Gasteiger partial charge in [-0.25, -0.2) is 16.4 Å². The van der Waals surface area contributed by atoms with Crippen LogP contribution in [0.4, 0.5) is 0 Å². The molecule has 0 unspecified atom stereocenters. The van der Waals surface area contributed by atoms with Crippen LogP contribution >= 0.6 is 0 Å². The fraction of sp³-hybridized carbons (Fsp3) is 0.600. The average molecular weight is 267 g/mol. The minimum absolute atomic E-state index is 0.0531. The molecule has 9 nitrogen and oxygen atoms in total. The van der Waals surface area contributed by atoms with Crippen LogP contribution in [0.3, 0.4) is 0 Å². The van der Waals surface area contributed by atoms with Crippen molar-refractivity contribution < 1.29 is 9.59 Å². The molecule has 0 spiro atoms. The first-order valence-corrected chi connectivity index (χ1v) is 6.16. The number of amides is 2. The van der Waals surface area contributed by atoms with Gasteiger partial charge in [-0.2, -0.15) is 0 Å². The number of hydrogen-bond donors (Lipinski definition) is 4. The second kappa shape index (κ2) is 5.76. The first kappa shape index (κ1) is 13.4. The first-order valence-electron chi connectivity index (χ1n) is 6.16. The van der Waals surface area contributed by atoms with Crippen molar-refractivity contribution in [3.8, 4) is 0 Å². The molecule has 104 valence electrons. The van der Waals surface area contributed by atoms with E-state index in [4.69, 9.17) is 11.7 Å². The molecule has 0 bridgehead atoms. The maximum Gasteiger partial charge on any atom is 0.288 e. The second-order valence-corrected chi connectivity index (χ2v) is 4.47. The van der Waals surface area contributed by atoms with Gasteiger partial charge in [0.2, 0.25) is 0 Å². The molecule has 19 heavy (non-hydrogen) atoms. The third-order valence-corrected chi connectivity index (χ3v) is 3.31. The van der Waals surface area contributed by atoms with Gasteiger partial charge < -0.3 is 0 Å². The topological polar surface area (TPSA) is 141 Å². The van der Waals surface area contributed by atoms with Gasteiger partial charge in [0.15, 0.2) is 11.4 Å². The molecule has 2 amide bonds. The lowest BCUT2D eigenvalue weighted by molar-refractivity contribution is 0.0907. The monoisotopic (exact) mass is 267 g/mol. The number of nitrogens with zero attached hydrogens (tertiary/aromatic N) is 3. The van der Waals surface area contributed by atoms with Gasteiger partial charge in [0, 0.05) is 0 Å². The summed E-state index contributed by atoms with van der Waals surface area (Å²) in [6.07, 6.45) is 5.09. The number of carbonyl (C=O) groups is 2. The molecule has 9 heteroatoms.